The van der Waals surface area contributed by atoms with E-state index in [1.54, 1.807) is 10.7 Å². The molecule has 0 fully saturated rings. The van der Waals surface area contributed by atoms with E-state index in [1.807, 2.05) is 50.2 Å². The second kappa shape index (κ2) is 7.90. The van der Waals surface area contributed by atoms with Gasteiger partial charge < -0.3 is 15.2 Å². The third-order valence-electron chi connectivity index (χ3n) is 5.06. The number of hydrogen-bond donors (Lipinski definition) is 2. The fraction of sp³-hybridized carbons (Fsp3) is 0.227. The highest BCUT2D eigenvalue weighted by Gasteiger charge is 2.31. The fourth-order valence-electron chi connectivity index (χ4n) is 3.70. The SMILES string of the molecule is CCOc1cc(C2SCC(=O)Nc3c2c(C)nn3-c2nc3ccccc3s2)ccc1O. The number of carbonyl (C=O) groups excluding carboxylic acids is 1. The molecule has 0 aliphatic carbocycles. The van der Waals surface area contributed by atoms with E-state index in [0.717, 1.165) is 27.0 Å². The number of carbonyl (C=O) groups is 1. The smallest absolute Gasteiger partial charge is 0.235 e. The van der Waals surface area contributed by atoms with Crippen molar-refractivity contribution in [3.8, 4) is 16.6 Å². The summed E-state index contributed by atoms with van der Waals surface area (Å²) < 4.78 is 8.37. The number of fused-ring (bicyclic) bond motifs is 2. The molecule has 2 N–H and O–H groups in total. The molecule has 2 aromatic heterocycles. The Morgan fingerprint density at radius 1 is 1.29 bits per heavy atom. The lowest BCUT2D eigenvalue weighted by Crippen LogP contribution is -2.15. The van der Waals surface area contributed by atoms with Gasteiger partial charge in [0.2, 0.25) is 11.0 Å². The van der Waals surface area contributed by atoms with Crippen molar-refractivity contribution >= 4 is 45.0 Å². The Morgan fingerprint density at radius 2 is 2.13 bits per heavy atom. The average molecular weight is 453 g/mol. The van der Waals surface area contributed by atoms with Gasteiger partial charge in [-0.15, -0.1) is 11.8 Å². The Hall–Kier alpha value is -3.04. The zero-order valence-electron chi connectivity index (χ0n) is 17.0. The van der Waals surface area contributed by atoms with Gasteiger partial charge in [0.05, 0.1) is 33.5 Å². The van der Waals surface area contributed by atoms with E-state index in [1.165, 1.54) is 23.1 Å². The van der Waals surface area contributed by atoms with Crippen molar-refractivity contribution in [1.29, 1.82) is 0 Å². The number of benzene rings is 2. The van der Waals surface area contributed by atoms with Gasteiger partial charge in [-0.25, -0.2) is 4.98 Å². The van der Waals surface area contributed by atoms with E-state index in [0.29, 0.717) is 29.1 Å². The third kappa shape index (κ3) is 3.53. The molecule has 9 heteroatoms. The Balaban J connectivity index is 1.66. The molecule has 1 unspecified atom stereocenters. The van der Waals surface area contributed by atoms with Gasteiger partial charge in [-0.3, -0.25) is 4.79 Å². The number of para-hydroxylation sites is 1. The number of aromatic hydroxyl groups is 1. The first-order valence-corrected chi connectivity index (χ1v) is 11.7. The second-order valence-electron chi connectivity index (χ2n) is 7.12. The molecule has 0 radical (unpaired) electrons. The van der Waals surface area contributed by atoms with E-state index in [4.69, 9.17) is 14.8 Å². The van der Waals surface area contributed by atoms with Crippen LogP contribution < -0.4 is 10.1 Å². The Kier molecular flexibility index (Phi) is 5.07. The minimum absolute atomic E-state index is 0.0835. The molecule has 1 amide bonds. The summed E-state index contributed by atoms with van der Waals surface area (Å²) in [5.41, 5.74) is 3.59. The van der Waals surface area contributed by atoms with E-state index >= 15 is 0 Å². The summed E-state index contributed by atoms with van der Waals surface area (Å²) in [4.78, 5) is 17.3. The number of aromatic nitrogens is 3. The van der Waals surface area contributed by atoms with Gasteiger partial charge in [0, 0.05) is 5.56 Å². The number of hydrogen-bond acceptors (Lipinski definition) is 7. The van der Waals surface area contributed by atoms with Gasteiger partial charge >= 0.3 is 0 Å². The third-order valence-corrected chi connectivity index (χ3v) is 7.34. The minimum Gasteiger partial charge on any atom is -0.504 e. The van der Waals surface area contributed by atoms with Crippen LogP contribution in [-0.2, 0) is 4.79 Å². The monoisotopic (exact) mass is 452 g/mol. The number of phenolic OH excluding ortho intramolecular Hbond substituents is 1. The quantitative estimate of drug-likeness (QED) is 0.468. The lowest BCUT2D eigenvalue weighted by atomic mass is 10.0. The molecule has 1 aliphatic rings. The van der Waals surface area contributed by atoms with Crippen molar-refractivity contribution in [1.82, 2.24) is 14.8 Å². The summed E-state index contributed by atoms with van der Waals surface area (Å²) in [7, 11) is 0. The van der Waals surface area contributed by atoms with Crippen LogP contribution in [0.4, 0.5) is 5.82 Å². The van der Waals surface area contributed by atoms with Crippen LogP contribution in [0, 0.1) is 6.92 Å². The number of aryl methyl sites for hydroxylation is 1. The van der Waals surface area contributed by atoms with E-state index in [-0.39, 0.29) is 16.9 Å². The standard InChI is InChI=1S/C22H20N4O3S2/c1-3-29-16-10-13(8-9-15(16)27)20-19-12(2)25-26(21(19)24-18(28)11-30-20)22-23-14-6-4-5-7-17(14)31-22/h4-10,20,27H,3,11H2,1-2H3,(H,24,28). The number of amides is 1. The topological polar surface area (TPSA) is 89.3 Å². The number of nitrogens with one attached hydrogen (secondary N) is 1. The average Bonchev–Trinajstić information content (AvgIpc) is 3.26. The molecule has 1 aliphatic heterocycles. The van der Waals surface area contributed by atoms with Crippen LogP contribution in [0.2, 0.25) is 0 Å². The first-order valence-electron chi connectivity index (χ1n) is 9.87. The summed E-state index contributed by atoms with van der Waals surface area (Å²) in [6.45, 7) is 4.27. The maximum absolute atomic E-state index is 12.6. The van der Waals surface area contributed by atoms with E-state index in [9.17, 15) is 9.90 Å². The second-order valence-corrected chi connectivity index (χ2v) is 9.23. The first kappa shape index (κ1) is 19.9. The summed E-state index contributed by atoms with van der Waals surface area (Å²) in [6, 6.07) is 13.3. The van der Waals surface area contributed by atoms with E-state index in [2.05, 4.69) is 5.32 Å². The van der Waals surface area contributed by atoms with Crippen molar-refractivity contribution in [2.24, 2.45) is 0 Å². The summed E-state index contributed by atoms with van der Waals surface area (Å²) >= 11 is 3.06. The lowest BCUT2D eigenvalue weighted by Gasteiger charge is -2.17. The molecule has 0 bridgehead atoms. The van der Waals surface area contributed by atoms with Gasteiger partial charge in [-0.1, -0.05) is 29.5 Å². The Bertz CT molecular complexity index is 1260. The molecule has 5 rings (SSSR count). The lowest BCUT2D eigenvalue weighted by molar-refractivity contribution is -0.113. The molecule has 2 aromatic carbocycles. The molecule has 0 spiro atoms. The number of ether oxygens (including phenoxy) is 1. The number of rotatable bonds is 4. The Labute approximate surface area is 187 Å². The number of nitrogens with zero attached hydrogens (tertiary/aromatic N) is 3. The summed E-state index contributed by atoms with van der Waals surface area (Å²) in [5, 5.41) is 18.5. The minimum atomic E-state index is -0.142. The van der Waals surface area contributed by atoms with Crippen LogP contribution in [0.3, 0.4) is 0 Å². The highest BCUT2D eigenvalue weighted by molar-refractivity contribution is 8.00. The maximum Gasteiger partial charge on any atom is 0.235 e. The van der Waals surface area contributed by atoms with Crippen molar-refractivity contribution < 1.29 is 14.6 Å². The largest absolute Gasteiger partial charge is 0.504 e. The highest BCUT2D eigenvalue weighted by Crippen LogP contribution is 2.45. The predicted molar refractivity (Wildman–Crippen MR) is 124 cm³/mol. The first-order chi connectivity index (χ1) is 15.0. The Morgan fingerprint density at radius 3 is 2.94 bits per heavy atom. The molecule has 158 valence electrons. The fourth-order valence-corrected chi connectivity index (χ4v) is 5.80. The van der Waals surface area contributed by atoms with Gasteiger partial charge in [0.1, 0.15) is 5.82 Å². The van der Waals surface area contributed by atoms with Crippen LogP contribution in [0.1, 0.15) is 29.0 Å². The highest BCUT2D eigenvalue weighted by atomic mass is 32.2. The van der Waals surface area contributed by atoms with Crippen LogP contribution in [0.25, 0.3) is 15.3 Å². The molecule has 3 heterocycles. The predicted octanol–water partition coefficient (Wildman–Crippen LogP) is 4.67. The zero-order valence-corrected chi connectivity index (χ0v) is 18.6. The van der Waals surface area contributed by atoms with Gasteiger partial charge in [-0.2, -0.15) is 9.78 Å². The molecular formula is C22H20N4O3S2. The van der Waals surface area contributed by atoms with E-state index < -0.39 is 0 Å². The molecular weight excluding hydrogens is 432 g/mol. The normalized spacial score (nSPS) is 16.1. The van der Waals surface area contributed by atoms with Crippen LogP contribution in [0.5, 0.6) is 11.5 Å². The molecule has 4 aromatic rings. The van der Waals surface area contributed by atoms with Gasteiger partial charge in [0.15, 0.2) is 11.5 Å². The van der Waals surface area contributed by atoms with Crippen LogP contribution in [0.15, 0.2) is 42.5 Å². The molecule has 7 nitrogen and oxygen atoms in total. The number of thiazole rings is 1. The molecule has 1 atom stereocenters. The van der Waals surface area contributed by atoms with Crippen molar-refractivity contribution in [3.05, 3.63) is 59.3 Å². The van der Waals surface area contributed by atoms with Crippen LogP contribution in [-0.4, -0.2) is 38.1 Å². The van der Waals surface area contributed by atoms with Crippen molar-refractivity contribution in [3.63, 3.8) is 0 Å². The summed E-state index contributed by atoms with van der Waals surface area (Å²) in [5.74, 6) is 1.40. The van der Waals surface area contributed by atoms with Crippen molar-refractivity contribution in [2.45, 2.75) is 19.1 Å². The van der Waals surface area contributed by atoms with Crippen molar-refractivity contribution in [2.75, 3.05) is 17.7 Å². The molecule has 0 saturated heterocycles. The number of anilines is 1. The number of thioether (sulfide) groups is 1. The summed E-state index contributed by atoms with van der Waals surface area (Å²) in [6.07, 6.45) is 0. The van der Waals surface area contributed by atoms with Gasteiger partial charge in [0.25, 0.3) is 0 Å². The van der Waals surface area contributed by atoms with Crippen LogP contribution >= 0.6 is 23.1 Å². The maximum atomic E-state index is 12.6. The van der Waals surface area contributed by atoms with Gasteiger partial charge in [-0.05, 0) is 43.7 Å². The molecule has 0 saturated carbocycles. The molecule has 31 heavy (non-hydrogen) atoms. The zero-order chi connectivity index (χ0) is 21.5. The number of phenols is 1.